The maximum atomic E-state index is 6.10. The summed E-state index contributed by atoms with van der Waals surface area (Å²) < 4.78 is 0. The van der Waals surface area contributed by atoms with Crippen molar-refractivity contribution in [2.75, 3.05) is 13.1 Å². The van der Waals surface area contributed by atoms with Crippen LogP contribution in [-0.2, 0) is 13.1 Å². The number of thiazole rings is 1. The second-order valence-corrected chi connectivity index (χ2v) is 8.81. The molecule has 1 atom stereocenters. The maximum absolute atomic E-state index is 6.10. The van der Waals surface area contributed by atoms with Crippen molar-refractivity contribution in [1.82, 2.24) is 15.2 Å². The molecule has 6 heteroatoms. The van der Waals surface area contributed by atoms with E-state index in [-0.39, 0.29) is 0 Å². The minimum Gasteiger partial charge on any atom is -0.317 e. The monoisotopic (exact) mass is 353 g/mol. The van der Waals surface area contributed by atoms with Gasteiger partial charge in [-0.1, -0.05) is 11.6 Å². The molecule has 1 saturated heterocycles. The number of hydrogen-bond donors (Lipinski definition) is 1. The van der Waals surface area contributed by atoms with Crippen molar-refractivity contribution in [2.24, 2.45) is 5.41 Å². The van der Waals surface area contributed by atoms with E-state index in [9.17, 15) is 0 Å². The third-order valence-corrected chi connectivity index (χ3v) is 7.02. The van der Waals surface area contributed by atoms with Crippen LogP contribution in [0.3, 0.4) is 0 Å². The Bertz CT molecular complexity index is 619. The van der Waals surface area contributed by atoms with E-state index < -0.39 is 0 Å². The summed E-state index contributed by atoms with van der Waals surface area (Å²) in [5.41, 5.74) is 0.559. The normalized spacial score (nSPS) is 23.3. The van der Waals surface area contributed by atoms with Gasteiger partial charge >= 0.3 is 0 Å². The first-order chi connectivity index (χ1) is 10.8. The maximum Gasteiger partial charge on any atom is 0.107 e. The Morgan fingerprint density at radius 2 is 2.18 bits per heavy atom. The predicted molar refractivity (Wildman–Crippen MR) is 93.6 cm³/mol. The molecule has 3 nitrogen and oxygen atoms in total. The smallest absolute Gasteiger partial charge is 0.107 e. The zero-order valence-corrected chi connectivity index (χ0v) is 14.8. The summed E-state index contributed by atoms with van der Waals surface area (Å²) in [7, 11) is 0. The highest BCUT2D eigenvalue weighted by molar-refractivity contribution is 7.10. The van der Waals surface area contributed by atoms with Gasteiger partial charge in [-0.15, -0.1) is 22.7 Å². The van der Waals surface area contributed by atoms with E-state index in [1.165, 1.54) is 42.2 Å². The molecular formula is C16H20ClN3S2. The zero-order chi connectivity index (χ0) is 15.0. The van der Waals surface area contributed by atoms with Gasteiger partial charge in [-0.05, 0) is 43.8 Å². The van der Waals surface area contributed by atoms with Crippen molar-refractivity contribution in [3.8, 4) is 0 Å². The van der Waals surface area contributed by atoms with E-state index in [0.29, 0.717) is 11.5 Å². The fourth-order valence-electron chi connectivity index (χ4n) is 3.72. The molecule has 1 N–H and O–H groups in total. The fraction of sp³-hybridized carbons (Fsp3) is 0.562. The minimum absolute atomic E-state index is 0.559. The van der Waals surface area contributed by atoms with Crippen molar-refractivity contribution in [3.63, 3.8) is 0 Å². The standard InChI is InChI=1S/C16H20ClN3S2/c17-12-7-13(22-11-12)9-20(10-15-19-5-6-21-15)14-8-16(14)1-3-18-4-2-16/h5-7,11,14,18H,1-4,8-10H2. The van der Waals surface area contributed by atoms with Gasteiger partial charge in [0.1, 0.15) is 5.01 Å². The van der Waals surface area contributed by atoms with Gasteiger partial charge in [-0.2, -0.15) is 0 Å². The largest absolute Gasteiger partial charge is 0.317 e. The van der Waals surface area contributed by atoms with Crippen LogP contribution >= 0.6 is 34.3 Å². The Labute approximate surface area is 144 Å². The zero-order valence-electron chi connectivity index (χ0n) is 12.4. The van der Waals surface area contributed by atoms with Crippen molar-refractivity contribution in [2.45, 2.75) is 38.4 Å². The molecule has 2 fully saturated rings. The molecule has 4 rings (SSSR count). The number of nitrogens with zero attached hydrogens (tertiary/aromatic N) is 2. The molecule has 3 heterocycles. The number of halogens is 1. The van der Waals surface area contributed by atoms with Crippen LogP contribution in [-0.4, -0.2) is 29.0 Å². The highest BCUT2D eigenvalue weighted by atomic mass is 35.5. The molecule has 0 radical (unpaired) electrons. The summed E-state index contributed by atoms with van der Waals surface area (Å²) in [5, 5.41) is 9.68. The van der Waals surface area contributed by atoms with Crippen LogP contribution in [0.15, 0.2) is 23.0 Å². The Morgan fingerprint density at radius 3 is 2.86 bits per heavy atom. The highest BCUT2D eigenvalue weighted by Gasteiger charge is 2.56. The van der Waals surface area contributed by atoms with Crippen LogP contribution in [0.1, 0.15) is 29.1 Å². The molecule has 2 aromatic rings. The van der Waals surface area contributed by atoms with Crippen LogP contribution in [0.2, 0.25) is 5.02 Å². The molecule has 1 aliphatic heterocycles. The summed E-state index contributed by atoms with van der Waals surface area (Å²) in [6, 6.07) is 2.82. The van der Waals surface area contributed by atoms with Gasteiger partial charge in [0.2, 0.25) is 0 Å². The van der Waals surface area contributed by atoms with Crippen LogP contribution in [0, 0.1) is 5.41 Å². The SMILES string of the molecule is Clc1csc(CN(Cc2nccs2)C2CC23CCNCC3)c1. The molecule has 2 aliphatic rings. The molecule has 1 saturated carbocycles. The third kappa shape index (κ3) is 3.10. The second kappa shape index (κ2) is 6.21. The van der Waals surface area contributed by atoms with Gasteiger partial charge in [0, 0.05) is 34.4 Å². The van der Waals surface area contributed by atoms with E-state index in [1.54, 1.807) is 22.7 Å². The second-order valence-electron chi connectivity index (χ2n) is 6.39. The first kappa shape index (κ1) is 15.1. The molecule has 0 bridgehead atoms. The van der Waals surface area contributed by atoms with Crippen molar-refractivity contribution < 1.29 is 0 Å². The third-order valence-electron chi connectivity index (χ3n) is 4.99. The average molecular weight is 354 g/mol. The minimum atomic E-state index is 0.559. The molecule has 0 aromatic carbocycles. The first-order valence-corrected chi connectivity index (χ1v) is 9.95. The number of rotatable bonds is 5. The van der Waals surface area contributed by atoms with E-state index in [4.69, 9.17) is 11.6 Å². The van der Waals surface area contributed by atoms with Crippen LogP contribution in [0.5, 0.6) is 0 Å². The van der Waals surface area contributed by atoms with Crippen molar-refractivity contribution in [3.05, 3.63) is 37.9 Å². The molecule has 118 valence electrons. The summed E-state index contributed by atoms with van der Waals surface area (Å²) in [4.78, 5) is 8.48. The summed E-state index contributed by atoms with van der Waals surface area (Å²) in [5.74, 6) is 0. The van der Waals surface area contributed by atoms with Crippen molar-refractivity contribution >= 4 is 34.3 Å². The van der Waals surface area contributed by atoms with Gasteiger partial charge in [-0.3, -0.25) is 4.90 Å². The predicted octanol–water partition coefficient (Wildman–Crippen LogP) is 4.00. The molecular weight excluding hydrogens is 334 g/mol. The Balaban J connectivity index is 1.50. The molecule has 0 amide bonds. The lowest BCUT2D eigenvalue weighted by Gasteiger charge is -2.28. The van der Waals surface area contributed by atoms with Crippen molar-refractivity contribution in [1.29, 1.82) is 0 Å². The van der Waals surface area contributed by atoms with Gasteiger partial charge in [0.25, 0.3) is 0 Å². The number of thiophene rings is 1. The lowest BCUT2D eigenvalue weighted by atomic mass is 9.93. The number of aromatic nitrogens is 1. The van der Waals surface area contributed by atoms with Crippen LogP contribution in [0.4, 0.5) is 0 Å². The van der Waals surface area contributed by atoms with Gasteiger partial charge in [0.15, 0.2) is 0 Å². The Kier molecular flexibility index (Phi) is 4.26. The first-order valence-electron chi connectivity index (χ1n) is 7.81. The van der Waals surface area contributed by atoms with E-state index in [1.807, 2.05) is 11.6 Å². The topological polar surface area (TPSA) is 28.2 Å². The number of piperidine rings is 1. The van der Waals surface area contributed by atoms with Crippen LogP contribution in [0.25, 0.3) is 0 Å². The van der Waals surface area contributed by atoms with Gasteiger partial charge in [0.05, 0.1) is 11.6 Å². The summed E-state index contributed by atoms with van der Waals surface area (Å²) in [6.07, 6.45) is 5.89. The molecule has 22 heavy (non-hydrogen) atoms. The lowest BCUT2D eigenvalue weighted by molar-refractivity contribution is 0.189. The van der Waals surface area contributed by atoms with Crippen LogP contribution < -0.4 is 5.32 Å². The number of hydrogen-bond acceptors (Lipinski definition) is 5. The highest BCUT2D eigenvalue weighted by Crippen LogP contribution is 2.56. The Hall–Kier alpha value is -0.460. The van der Waals surface area contributed by atoms with E-state index in [0.717, 1.165) is 18.1 Å². The molecule has 1 spiro atoms. The molecule has 2 aromatic heterocycles. The Morgan fingerprint density at radius 1 is 1.32 bits per heavy atom. The quantitative estimate of drug-likeness (QED) is 0.880. The van der Waals surface area contributed by atoms with E-state index >= 15 is 0 Å². The molecule has 1 unspecified atom stereocenters. The fourth-order valence-corrected chi connectivity index (χ4v) is 5.46. The number of nitrogens with one attached hydrogen (secondary N) is 1. The van der Waals surface area contributed by atoms with Gasteiger partial charge < -0.3 is 5.32 Å². The average Bonchev–Trinajstić information content (AvgIpc) is 2.90. The van der Waals surface area contributed by atoms with Gasteiger partial charge in [-0.25, -0.2) is 4.98 Å². The van der Waals surface area contributed by atoms with E-state index in [2.05, 4.69) is 26.6 Å². The summed E-state index contributed by atoms with van der Waals surface area (Å²) in [6.45, 7) is 4.31. The lowest BCUT2D eigenvalue weighted by Crippen LogP contribution is -2.35. The summed E-state index contributed by atoms with van der Waals surface area (Å²) >= 11 is 9.62. The molecule has 1 aliphatic carbocycles.